The Kier molecular flexibility index (Phi) is 5.11. The van der Waals surface area contributed by atoms with Gasteiger partial charge in [0, 0.05) is 36.8 Å². The van der Waals surface area contributed by atoms with E-state index in [-0.39, 0.29) is 0 Å². The molecule has 2 heterocycles. The minimum atomic E-state index is 0.434. The van der Waals surface area contributed by atoms with Crippen LogP contribution in [0.4, 0.5) is 0 Å². The first-order valence-electron chi connectivity index (χ1n) is 14.5. The highest BCUT2D eigenvalue weighted by atomic mass is 32.1. The first-order valence-corrected chi connectivity index (χ1v) is 15.3. The average molecular weight is 505 g/mol. The number of thiophene rings is 1. The average Bonchev–Trinajstić information content (AvgIpc) is 3.45. The second-order valence-electron chi connectivity index (χ2n) is 12.5. The van der Waals surface area contributed by atoms with E-state index in [1.54, 1.807) is 5.56 Å². The fourth-order valence-electron chi connectivity index (χ4n) is 8.88. The highest BCUT2D eigenvalue weighted by Crippen LogP contribution is 2.61. The third kappa shape index (κ3) is 3.54. The Morgan fingerprint density at radius 2 is 1.54 bits per heavy atom. The largest absolute Gasteiger partial charge is 0.354 e. The van der Waals surface area contributed by atoms with E-state index >= 15 is 0 Å². The summed E-state index contributed by atoms with van der Waals surface area (Å²) < 4.78 is 2.74. The monoisotopic (exact) mass is 504 g/mol. The number of aromatic amines is 1. The van der Waals surface area contributed by atoms with Crippen molar-refractivity contribution in [3.05, 3.63) is 71.8 Å². The van der Waals surface area contributed by atoms with Crippen molar-refractivity contribution in [1.82, 2.24) is 4.98 Å². The molecule has 0 amide bonds. The lowest BCUT2D eigenvalue weighted by Gasteiger charge is -2.57. The summed E-state index contributed by atoms with van der Waals surface area (Å²) >= 11 is 1.90. The molecule has 2 nitrogen and oxygen atoms in total. The molecule has 37 heavy (non-hydrogen) atoms. The second kappa shape index (κ2) is 8.44. The molecule has 5 aromatic rings. The number of hydrogen-bond acceptors (Lipinski definition) is 2. The summed E-state index contributed by atoms with van der Waals surface area (Å²) in [5.74, 6) is 2.92. The molecular formula is C34H36N2S. The van der Waals surface area contributed by atoms with Gasteiger partial charge < -0.3 is 10.7 Å². The molecule has 4 saturated carbocycles. The van der Waals surface area contributed by atoms with Gasteiger partial charge >= 0.3 is 0 Å². The van der Waals surface area contributed by atoms with Gasteiger partial charge in [0.15, 0.2) is 0 Å². The van der Waals surface area contributed by atoms with Crippen LogP contribution in [0.5, 0.6) is 0 Å². The summed E-state index contributed by atoms with van der Waals surface area (Å²) in [5, 5.41) is 4.20. The van der Waals surface area contributed by atoms with Crippen LogP contribution in [0.2, 0.25) is 0 Å². The Hall–Kier alpha value is -2.62. The predicted molar refractivity (Wildman–Crippen MR) is 158 cm³/mol. The lowest BCUT2D eigenvalue weighted by molar-refractivity contribution is -0.00513. The zero-order valence-corrected chi connectivity index (χ0v) is 22.4. The first-order chi connectivity index (χ1) is 18.2. The van der Waals surface area contributed by atoms with E-state index in [1.165, 1.54) is 86.4 Å². The lowest BCUT2D eigenvalue weighted by Crippen LogP contribution is -2.48. The van der Waals surface area contributed by atoms with Crippen molar-refractivity contribution in [2.75, 3.05) is 6.54 Å². The van der Waals surface area contributed by atoms with Crippen LogP contribution < -0.4 is 5.73 Å². The summed E-state index contributed by atoms with van der Waals surface area (Å²) in [6.45, 7) is 0.767. The molecule has 188 valence electrons. The number of H-pyrrole nitrogens is 1. The van der Waals surface area contributed by atoms with E-state index in [0.717, 1.165) is 43.6 Å². The summed E-state index contributed by atoms with van der Waals surface area (Å²) in [4.78, 5) is 3.89. The molecule has 4 bridgehead atoms. The van der Waals surface area contributed by atoms with Crippen LogP contribution >= 0.6 is 11.3 Å². The van der Waals surface area contributed by atoms with Crippen molar-refractivity contribution >= 4 is 42.4 Å². The molecule has 0 spiro atoms. The Bertz CT molecular complexity index is 1600. The van der Waals surface area contributed by atoms with Crippen molar-refractivity contribution in [2.45, 2.75) is 63.2 Å². The van der Waals surface area contributed by atoms with Gasteiger partial charge in [-0.15, -0.1) is 11.3 Å². The minimum absolute atomic E-state index is 0.434. The van der Waals surface area contributed by atoms with Gasteiger partial charge in [0.25, 0.3) is 0 Å². The predicted octanol–water partition coefficient (Wildman–Crippen LogP) is 8.95. The van der Waals surface area contributed by atoms with Crippen LogP contribution in [0.1, 0.15) is 62.5 Å². The standard InChI is InChI=1S/C34H36N2S/c35-12-4-3-6-27-28-17-25(34-18-21-13-22(19-34)15-23(14-21)20-34)9-10-30(28)36-33(27)24-8-11-32-29(16-24)26-5-1-2-7-31(26)37-32/h1-2,5,7-11,16-17,21-23,36H,3-4,6,12-15,18-20,35H2. The quantitative estimate of drug-likeness (QED) is 0.223. The van der Waals surface area contributed by atoms with Gasteiger partial charge in [0.05, 0.1) is 0 Å². The third-order valence-electron chi connectivity index (χ3n) is 10.1. The van der Waals surface area contributed by atoms with E-state index in [9.17, 15) is 0 Å². The Labute approximate surface area is 223 Å². The van der Waals surface area contributed by atoms with Crippen LogP contribution in [0.25, 0.3) is 42.3 Å². The van der Waals surface area contributed by atoms with E-state index < -0.39 is 0 Å². The normalized spacial score (nSPS) is 26.7. The van der Waals surface area contributed by atoms with Crippen molar-refractivity contribution in [3.63, 3.8) is 0 Å². The molecule has 0 aliphatic heterocycles. The molecule has 3 N–H and O–H groups in total. The van der Waals surface area contributed by atoms with Crippen molar-refractivity contribution < 1.29 is 0 Å². The Morgan fingerprint density at radius 3 is 2.32 bits per heavy atom. The highest BCUT2D eigenvalue weighted by molar-refractivity contribution is 7.25. The fraction of sp³-hybridized carbons (Fsp3) is 0.412. The van der Waals surface area contributed by atoms with Gasteiger partial charge in [-0.25, -0.2) is 0 Å². The Balaban J connectivity index is 1.27. The van der Waals surface area contributed by atoms with E-state index in [0.29, 0.717) is 5.41 Å². The number of unbranched alkanes of at least 4 members (excludes halogenated alkanes) is 1. The number of hydrogen-bond donors (Lipinski definition) is 2. The fourth-order valence-corrected chi connectivity index (χ4v) is 9.96. The maximum atomic E-state index is 5.92. The molecular weight excluding hydrogens is 468 g/mol. The summed E-state index contributed by atoms with van der Waals surface area (Å²) in [7, 11) is 0. The van der Waals surface area contributed by atoms with Gasteiger partial charge in [0.2, 0.25) is 0 Å². The molecule has 4 aliphatic carbocycles. The number of aryl methyl sites for hydroxylation is 1. The zero-order valence-electron chi connectivity index (χ0n) is 21.6. The zero-order chi connectivity index (χ0) is 24.6. The lowest BCUT2D eigenvalue weighted by atomic mass is 9.48. The number of benzene rings is 3. The van der Waals surface area contributed by atoms with Crippen LogP contribution in [0, 0.1) is 17.8 Å². The van der Waals surface area contributed by atoms with Gasteiger partial charge in [-0.2, -0.15) is 0 Å². The van der Waals surface area contributed by atoms with E-state index in [2.05, 4.69) is 65.6 Å². The molecule has 4 fully saturated rings. The smallest absolute Gasteiger partial charge is 0.0497 e. The molecule has 3 heteroatoms. The van der Waals surface area contributed by atoms with Crippen LogP contribution in [0.3, 0.4) is 0 Å². The second-order valence-corrected chi connectivity index (χ2v) is 13.6. The molecule has 4 aliphatic rings. The van der Waals surface area contributed by atoms with Crippen LogP contribution in [-0.2, 0) is 11.8 Å². The summed E-state index contributed by atoms with van der Waals surface area (Å²) in [5.41, 5.74) is 13.4. The summed E-state index contributed by atoms with van der Waals surface area (Å²) in [6.07, 6.45) is 12.1. The molecule has 0 atom stereocenters. The number of rotatable bonds is 6. The number of nitrogens with two attached hydrogens (primary N) is 1. The number of nitrogens with one attached hydrogen (secondary N) is 1. The molecule has 0 saturated heterocycles. The van der Waals surface area contributed by atoms with Crippen molar-refractivity contribution in [1.29, 1.82) is 0 Å². The topological polar surface area (TPSA) is 41.8 Å². The van der Waals surface area contributed by atoms with Crippen molar-refractivity contribution in [3.8, 4) is 11.3 Å². The minimum Gasteiger partial charge on any atom is -0.354 e. The molecule has 0 radical (unpaired) electrons. The first kappa shape index (κ1) is 22.4. The molecule has 9 rings (SSSR count). The van der Waals surface area contributed by atoms with Gasteiger partial charge in [-0.3, -0.25) is 0 Å². The number of aromatic nitrogens is 1. The molecule has 3 aromatic carbocycles. The van der Waals surface area contributed by atoms with Crippen LogP contribution in [-0.4, -0.2) is 11.5 Å². The molecule has 0 unspecified atom stereocenters. The van der Waals surface area contributed by atoms with Crippen LogP contribution in [0.15, 0.2) is 60.7 Å². The van der Waals surface area contributed by atoms with E-state index in [4.69, 9.17) is 5.73 Å². The van der Waals surface area contributed by atoms with Gasteiger partial charge in [-0.1, -0.05) is 30.3 Å². The molecule has 2 aromatic heterocycles. The van der Waals surface area contributed by atoms with Crippen molar-refractivity contribution in [2.24, 2.45) is 23.5 Å². The van der Waals surface area contributed by atoms with Gasteiger partial charge in [-0.05, 0) is 135 Å². The van der Waals surface area contributed by atoms with E-state index in [1.807, 2.05) is 11.3 Å². The highest BCUT2D eigenvalue weighted by Gasteiger charge is 2.51. The summed E-state index contributed by atoms with van der Waals surface area (Å²) in [6, 6.07) is 23.4. The van der Waals surface area contributed by atoms with Gasteiger partial charge in [0.1, 0.15) is 0 Å². The Morgan fingerprint density at radius 1 is 0.784 bits per heavy atom. The third-order valence-corrected chi connectivity index (χ3v) is 11.3. The maximum absolute atomic E-state index is 5.92. The number of fused-ring (bicyclic) bond motifs is 4. The maximum Gasteiger partial charge on any atom is 0.0497 e. The SMILES string of the molecule is NCCCCc1c(-c2ccc3sc4ccccc4c3c2)[nH]c2ccc(C34CC5CC(CC(C5)C3)C4)cc12.